The van der Waals surface area contributed by atoms with Crippen molar-refractivity contribution in [1.82, 2.24) is 10.2 Å². The van der Waals surface area contributed by atoms with Crippen molar-refractivity contribution in [2.45, 2.75) is 33.1 Å². The van der Waals surface area contributed by atoms with Crippen molar-refractivity contribution in [3.05, 3.63) is 0 Å². The summed E-state index contributed by atoms with van der Waals surface area (Å²) in [5.74, 6) is 2.21. The molecule has 1 aliphatic heterocycles. The molecule has 0 spiro atoms. The molecule has 0 saturated carbocycles. The highest BCUT2D eigenvalue weighted by atomic mass is 16.2. The fraction of sp³-hybridized carbons (Fsp3) is 0.692. The topological polar surface area (TPSA) is 49.4 Å². The minimum absolute atomic E-state index is 0.0615. The van der Waals surface area contributed by atoms with Gasteiger partial charge in [0.05, 0.1) is 13.1 Å². The van der Waals surface area contributed by atoms with Crippen LogP contribution in [0, 0.1) is 17.8 Å². The standard InChI is InChI=1S/C13H20N2O2/c1-4-8-14-11(16)10-15-9-7-13(2,3)6-5-12(15)17/h1H,5-10H2,2-3H3,(H,14,16). The molecule has 2 amide bonds. The zero-order valence-corrected chi connectivity index (χ0v) is 10.6. The van der Waals surface area contributed by atoms with E-state index in [0.29, 0.717) is 13.0 Å². The first-order valence-electron chi connectivity index (χ1n) is 5.92. The SMILES string of the molecule is C#CCNC(=O)CN1CCC(C)(C)CCC1=O. The van der Waals surface area contributed by atoms with Crippen molar-refractivity contribution in [1.29, 1.82) is 0 Å². The minimum Gasteiger partial charge on any atom is -0.344 e. The van der Waals surface area contributed by atoms with E-state index in [-0.39, 0.29) is 30.3 Å². The van der Waals surface area contributed by atoms with Crippen molar-refractivity contribution < 1.29 is 9.59 Å². The van der Waals surface area contributed by atoms with Gasteiger partial charge < -0.3 is 10.2 Å². The highest BCUT2D eigenvalue weighted by molar-refractivity contribution is 5.85. The van der Waals surface area contributed by atoms with Gasteiger partial charge in [-0.1, -0.05) is 19.8 Å². The summed E-state index contributed by atoms with van der Waals surface area (Å²) in [4.78, 5) is 24.9. The number of likely N-dealkylation sites (tertiary alicyclic amines) is 1. The molecule has 1 N–H and O–H groups in total. The van der Waals surface area contributed by atoms with Crippen molar-refractivity contribution in [3.8, 4) is 12.3 Å². The molecule has 4 heteroatoms. The lowest BCUT2D eigenvalue weighted by Gasteiger charge is -2.22. The van der Waals surface area contributed by atoms with Crippen molar-refractivity contribution in [2.75, 3.05) is 19.6 Å². The smallest absolute Gasteiger partial charge is 0.240 e. The van der Waals surface area contributed by atoms with Gasteiger partial charge in [0.15, 0.2) is 0 Å². The van der Waals surface area contributed by atoms with Gasteiger partial charge >= 0.3 is 0 Å². The van der Waals surface area contributed by atoms with Crippen molar-refractivity contribution in [2.24, 2.45) is 5.41 Å². The number of hydrogen-bond donors (Lipinski definition) is 1. The second-order valence-corrected chi connectivity index (χ2v) is 5.21. The van der Waals surface area contributed by atoms with E-state index in [1.54, 1.807) is 4.90 Å². The monoisotopic (exact) mass is 236 g/mol. The number of carbonyl (C=O) groups is 2. The predicted octanol–water partition coefficient (Wildman–Crippen LogP) is 0.774. The van der Waals surface area contributed by atoms with E-state index in [1.165, 1.54) is 0 Å². The molecule has 94 valence electrons. The Morgan fingerprint density at radius 2 is 2.24 bits per heavy atom. The van der Waals surface area contributed by atoms with Crippen LogP contribution >= 0.6 is 0 Å². The number of carbonyl (C=O) groups excluding carboxylic acids is 2. The lowest BCUT2D eigenvalue weighted by molar-refractivity contribution is -0.135. The Bertz CT molecular complexity index is 342. The molecule has 0 aromatic heterocycles. The normalized spacial score (nSPS) is 19.4. The van der Waals surface area contributed by atoms with E-state index in [0.717, 1.165) is 12.8 Å². The fourth-order valence-electron chi connectivity index (χ4n) is 1.84. The summed E-state index contributed by atoms with van der Waals surface area (Å²) in [6.45, 7) is 5.29. The fourth-order valence-corrected chi connectivity index (χ4v) is 1.84. The van der Waals surface area contributed by atoms with E-state index in [1.807, 2.05) is 0 Å². The van der Waals surface area contributed by atoms with Crippen LogP contribution in [0.5, 0.6) is 0 Å². The predicted molar refractivity (Wildman–Crippen MR) is 66.1 cm³/mol. The first-order chi connectivity index (χ1) is 7.94. The van der Waals surface area contributed by atoms with Gasteiger partial charge in [0.2, 0.25) is 11.8 Å². The van der Waals surface area contributed by atoms with Crippen LogP contribution in [0.15, 0.2) is 0 Å². The number of nitrogens with one attached hydrogen (secondary N) is 1. The lowest BCUT2D eigenvalue weighted by Crippen LogP contribution is -2.40. The van der Waals surface area contributed by atoms with Crippen LogP contribution in [0.2, 0.25) is 0 Å². The Morgan fingerprint density at radius 1 is 1.53 bits per heavy atom. The zero-order valence-electron chi connectivity index (χ0n) is 10.6. The average molecular weight is 236 g/mol. The van der Waals surface area contributed by atoms with Crippen molar-refractivity contribution >= 4 is 11.8 Å². The van der Waals surface area contributed by atoms with Crippen molar-refractivity contribution in [3.63, 3.8) is 0 Å². The summed E-state index contributed by atoms with van der Waals surface area (Å²) in [6.07, 6.45) is 7.39. The lowest BCUT2D eigenvalue weighted by atomic mass is 9.85. The Hall–Kier alpha value is -1.50. The molecule has 0 aromatic rings. The van der Waals surface area contributed by atoms with Gasteiger partial charge in [-0.3, -0.25) is 9.59 Å². The third-order valence-corrected chi connectivity index (χ3v) is 3.15. The molecule has 1 fully saturated rings. The zero-order chi connectivity index (χ0) is 12.9. The third kappa shape index (κ3) is 4.48. The largest absolute Gasteiger partial charge is 0.344 e. The molecule has 0 atom stereocenters. The molecule has 1 rings (SSSR count). The summed E-state index contributed by atoms with van der Waals surface area (Å²) in [5.41, 5.74) is 0.180. The summed E-state index contributed by atoms with van der Waals surface area (Å²) in [7, 11) is 0. The number of rotatable bonds is 3. The number of nitrogens with zero attached hydrogens (tertiary/aromatic N) is 1. The molecule has 1 aliphatic rings. The summed E-state index contributed by atoms with van der Waals surface area (Å²) in [6, 6.07) is 0. The molecular formula is C13H20N2O2. The van der Waals surface area contributed by atoms with Gasteiger partial charge in [-0.15, -0.1) is 6.42 Å². The first-order valence-corrected chi connectivity index (χ1v) is 5.92. The molecule has 0 unspecified atom stereocenters. The van der Waals surface area contributed by atoms with Gasteiger partial charge in [-0.05, 0) is 18.3 Å². The minimum atomic E-state index is -0.184. The highest BCUT2D eigenvalue weighted by Crippen LogP contribution is 2.30. The Labute approximate surface area is 103 Å². The molecule has 17 heavy (non-hydrogen) atoms. The molecule has 0 aliphatic carbocycles. The van der Waals surface area contributed by atoms with Crippen LogP contribution in [0.4, 0.5) is 0 Å². The second-order valence-electron chi connectivity index (χ2n) is 5.21. The molecule has 1 saturated heterocycles. The summed E-state index contributed by atoms with van der Waals surface area (Å²) >= 11 is 0. The molecule has 0 bridgehead atoms. The van der Waals surface area contributed by atoms with E-state index in [9.17, 15) is 9.59 Å². The van der Waals surface area contributed by atoms with Crippen LogP contribution in [0.25, 0.3) is 0 Å². The molecule has 0 radical (unpaired) electrons. The Kier molecular flexibility index (Phi) is 4.56. The first kappa shape index (κ1) is 13.6. The highest BCUT2D eigenvalue weighted by Gasteiger charge is 2.28. The van der Waals surface area contributed by atoms with Crippen LogP contribution in [0.1, 0.15) is 33.1 Å². The molecule has 4 nitrogen and oxygen atoms in total. The van der Waals surface area contributed by atoms with E-state index >= 15 is 0 Å². The van der Waals surface area contributed by atoms with Crippen LogP contribution in [0.3, 0.4) is 0 Å². The summed E-state index contributed by atoms with van der Waals surface area (Å²) in [5, 5.41) is 2.57. The maximum atomic E-state index is 11.8. The number of hydrogen-bond acceptors (Lipinski definition) is 2. The van der Waals surface area contributed by atoms with E-state index < -0.39 is 0 Å². The van der Waals surface area contributed by atoms with E-state index in [4.69, 9.17) is 6.42 Å². The Morgan fingerprint density at radius 3 is 2.88 bits per heavy atom. The maximum Gasteiger partial charge on any atom is 0.240 e. The van der Waals surface area contributed by atoms with Crippen LogP contribution in [-0.4, -0.2) is 36.3 Å². The molecular weight excluding hydrogens is 216 g/mol. The van der Waals surface area contributed by atoms with E-state index in [2.05, 4.69) is 25.1 Å². The van der Waals surface area contributed by atoms with Gasteiger partial charge in [0.1, 0.15) is 0 Å². The average Bonchev–Trinajstić information content (AvgIpc) is 2.39. The third-order valence-electron chi connectivity index (χ3n) is 3.15. The maximum absolute atomic E-state index is 11.8. The van der Waals surface area contributed by atoms with Gasteiger partial charge in [-0.2, -0.15) is 0 Å². The molecule has 0 aromatic carbocycles. The summed E-state index contributed by atoms with van der Waals surface area (Å²) < 4.78 is 0. The quantitative estimate of drug-likeness (QED) is 0.736. The van der Waals surface area contributed by atoms with Gasteiger partial charge in [-0.25, -0.2) is 0 Å². The second kappa shape index (κ2) is 5.72. The van der Waals surface area contributed by atoms with Gasteiger partial charge in [0, 0.05) is 13.0 Å². The van der Waals surface area contributed by atoms with Crippen LogP contribution in [-0.2, 0) is 9.59 Å². The van der Waals surface area contributed by atoms with Crippen LogP contribution < -0.4 is 5.32 Å². The Balaban J connectivity index is 2.50. The molecule has 1 heterocycles. The van der Waals surface area contributed by atoms with Gasteiger partial charge in [0.25, 0.3) is 0 Å². The number of terminal acetylenes is 1. The number of amides is 2.